The van der Waals surface area contributed by atoms with Crippen LogP contribution in [0, 0.1) is 19.3 Å². The van der Waals surface area contributed by atoms with E-state index in [-0.39, 0.29) is 0 Å². The minimum atomic E-state index is 0.528. The van der Waals surface area contributed by atoms with Gasteiger partial charge in [0.2, 0.25) is 0 Å². The van der Waals surface area contributed by atoms with Gasteiger partial charge in [0, 0.05) is 31.2 Å². The molecule has 1 atom stereocenters. The Morgan fingerprint density at radius 1 is 1.29 bits per heavy atom. The summed E-state index contributed by atoms with van der Waals surface area (Å²) in [6, 6.07) is 2.23. The van der Waals surface area contributed by atoms with E-state index in [0.29, 0.717) is 5.41 Å². The van der Waals surface area contributed by atoms with E-state index < -0.39 is 0 Å². The Balaban J connectivity index is 1.79. The summed E-state index contributed by atoms with van der Waals surface area (Å²) in [6.45, 7) is 9.01. The van der Waals surface area contributed by atoms with Crippen LogP contribution < -0.4 is 10.2 Å². The van der Waals surface area contributed by atoms with Crippen LogP contribution in [0.3, 0.4) is 0 Å². The summed E-state index contributed by atoms with van der Waals surface area (Å²) in [5.74, 6) is 1.16. The average Bonchev–Trinajstić information content (AvgIpc) is 2.94. The van der Waals surface area contributed by atoms with Crippen molar-refractivity contribution in [2.45, 2.75) is 26.7 Å². The fourth-order valence-corrected chi connectivity index (χ4v) is 3.06. The van der Waals surface area contributed by atoms with Crippen molar-refractivity contribution in [3.05, 3.63) is 23.4 Å². The molecule has 1 N–H and O–H groups in total. The molecule has 3 nitrogen and oxygen atoms in total. The summed E-state index contributed by atoms with van der Waals surface area (Å²) in [5, 5.41) is 3.50. The number of rotatable bonds is 1. The SMILES string of the molecule is Cc1cnc(N2CCC3(CCNC3)C2)cc1C. The monoisotopic (exact) mass is 231 g/mol. The number of anilines is 1. The first-order chi connectivity index (χ1) is 8.19. The van der Waals surface area contributed by atoms with E-state index in [0.717, 1.165) is 12.4 Å². The second kappa shape index (κ2) is 3.98. The van der Waals surface area contributed by atoms with Crippen LogP contribution in [-0.4, -0.2) is 31.2 Å². The molecule has 2 aliphatic rings. The fourth-order valence-electron chi connectivity index (χ4n) is 3.06. The second-order valence-corrected chi connectivity index (χ2v) is 5.73. The van der Waals surface area contributed by atoms with E-state index >= 15 is 0 Å². The first kappa shape index (κ1) is 11.0. The molecule has 2 saturated heterocycles. The highest BCUT2D eigenvalue weighted by molar-refractivity contribution is 5.44. The third kappa shape index (κ3) is 1.93. The largest absolute Gasteiger partial charge is 0.356 e. The lowest BCUT2D eigenvalue weighted by atomic mass is 9.87. The average molecular weight is 231 g/mol. The van der Waals surface area contributed by atoms with Gasteiger partial charge in [0.05, 0.1) is 0 Å². The highest BCUT2D eigenvalue weighted by Gasteiger charge is 2.40. The van der Waals surface area contributed by atoms with Crippen molar-refractivity contribution < 1.29 is 0 Å². The van der Waals surface area contributed by atoms with Crippen LogP contribution in [0.15, 0.2) is 12.3 Å². The summed E-state index contributed by atoms with van der Waals surface area (Å²) >= 11 is 0. The molecular formula is C14H21N3. The van der Waals surface area contributed by atoms with E-state index in [1.807, 2.05) is 6.20 Å². The van der Waals surface area contributed by atoms with Crippen LogP contribution in [0.4, 0.5) is 5.82 Å². The predicted molar refractivity (Wildman–Crippen MR) is 70.5 cm³/mol. The van der Waals surface area contributed by atoms with Crippen molar-refractivity contribution in [2.75, 3.05) is 31.1 Å². The molecular weight excluding hydrogens is 210 g/mol. The van der Waals surface area contributed by atoms with Crippen molar-refractivity contribution >= 4 is 5.82 Å². The third-order valence-electron chi connectivity index (χ3n) is 4.45. The first-order valence-electron chi connectivity index (χ1n) is 6.58. The molecule has 1 aromatic heterocycles. The number of nitrogens with zero attached hydrogens (tertiary/aromatic N) is 2. The first-order valence-corrected chi connectivity index (χ1v) is 6.58. The topological polar surface area (TPSA) is 28.2 Å². The Morgan fingerprint density at radius 3 is 2.88 bits per heavy atom. The number of pyridine rings is 1. The second-order valence-electron chi connectivity index (χ2n) is 5.73. The molecule has 0 bridgehead atoms. The van der Waals surface area contributed by atoms with Gasteiger partial charge in [-0.2, -0.15) is 0 Å². The molecule has 0 amide bonds. The molecule has 1 spiro atoms. The third-order valence-corrected chi connectivity index (χ3v) is 4.45. The smallest absolute Gasteiger partial charge is 0.128 e. The van der Waals surface area contributed by atoms with Crippen molar-refractivity contribution in [2.24, 2.45) is 5.41 Å². The maximum absolute atomic E-state index is 4.58. The molecule has 1 aromatic rings. The van der Waals surface area contributed by atoms with Crippen LogP contribution in [0.5, 0.6) is 0 Å². The van der Waals surface area contributed by atoms with Gasteiger partial charge in [-0.15, -0.1) is 0 Å². The maximum atomic E-state index is 4.58. The highest BCUT2D eigenvalue weighted by atomic mass is 15.2. The Morgan fingerprint density at radius 2 is 2.18 bits per heavy atom. The van der Waals surface area contributed by atoms with Crippen LogP contribution >= 0.6 is 0 Å². The van der Waals surface area contributed by atoms with Crippen molar-refractivity contribution in [3.63, 3.8) is 0 Å². The molecule has 2 fully saturated rings. The molecule has 1 unspecified atom stereocenters. The van der Waals surface area contributed by atoms with Gasteiger partial charge < -0.3 is 10.2 Å². The normalized spacial score (nSPS) is 28.2. The van der Waals surface area contributed by atoms with Gasteiger partial charge >= 0.3 is 0 Å². The minimum absolute atomic E-state index is 0.528. The number of aryl methyl sites for hydroxylation is 2. The Labute approximate surface area is 103 Å². The molecule has 2 aliphatic heterocycles. The number of aromatic nitrogens is 1. The lowest BCUT2D eigenvalue weighted by molar-refractivity contribution is 0.369. The molecule has 0 radical (unpaired) electrons. The minimum Gasteiger partial charge on any atom is -0.356 e. The molecule has 0 aliphatic carbocycles. The fraction of sp³-hybridized carbons (Fsp3) is 0.643. The van der Waals surface area contributed by atoms with Crippen LogP contribution in [-0.2, 0) is 0 Å². The van der Waals surface area contributed by atoms with E-state index in [9.17, 15) is 0 Å². The summed E-state index contributed by atoms with van der Waals surface area (Å²) in [4.78, 5) is 7.04. The van der Waals surface area contributed by atoms with Crippen LogP contribution in [0.1, 0.15) is 24.0 Å². The Bertz CT molecular complexity index is 421. The van der Waals surface area contributed by atoms with Gasteiger partial charge in [-0.25, -0.2) is 4.98 Å². The van der Waals surface area contributed by atoms with Crippen molar-refractivity contribution in [3.8, 4) is 0 Å². The number of hydrogen-bond donors (Lipinski definition) is 1. The zero-order valence-electron chi connectivity index (χ0n) is 10.8. The lowest BCUT2D eigenvalue weighted by Crippen LogP contribution is -2.29. The van der Waals surface area contributed by atoms with Gasteiger partial charge in [-0.1, -0.05) is 0 Å². The van der Waals surface area contributed by atoms with E-state index in [2.05, 4.69) is 35.1 Å². The van der Waals surface area contributed by atoms with Gasteiger partial charge in [0.25, 0.3) is 0 Å². The summed E-state index contributed by atoms with van der Waals surface area (Å²) in [6.07, 6.45) is 4.64. The maximum Gasteiger partial charge on any atom is 0.128 e. The zero-order chi connectivity index (χ0) is 11.9. The number of hydrogen-bond acceptors (Lipinski definition) is 3. The standard InChI is InChI=1S/C14H21N3/c1-11-7-13(16-8-12(11)2)17-6-4-14(10-17)3-5-15-9-14/h7-8,15H,3-6,9-10H2,1-2H3. The molecule has 0 saturated carbocycles. The number of nitrogens with one attached hydrogen (secondary N) is 1. The summed E-state index contributed by atoms with van der Waals surface area (Å²) in [7, 11) is 0. The van der Waals surface area contributed by atoms with E-state index in [1.54, 1.807) is 0 Å². The summed E-state index contributed by atoms with van der Waals surface area (Å²) in [5.41, 5.74) is 3.16. The van der Waals surface area contributed by atoms with Crippen LogP contribution in [0.2, 0.25) is 0 Å². The molecule has 92 valence electrons. The Kier molecular flexibility index (Phi) is 2.58. The van der Waals surface area contributed by atoms with Crippen molar-refractivity contribution in [1.82, 2.24) is 10.3 Å². The highest BCUT2D eigenvalue weighted by Crippen LogP contribution is 2.37. The molecule has 0 aromatic carbocycles. The molecule has 3 heterocycles. The predicted octanol–water partition coefficient (Wildman–Crippen LogP) is 1.89. The summed E-state index contributed by atoms with van der Waals surface area (Å²) < 4.78 is 0. The van der Waals surface area contributed by atoms with E-state index in [1.165, 1.54) is 43.6 Å². The Hall–Kier alpha value is -1.09. The van der Waals surface area contributed by atoms with E-state index in [4.69, 9.17) is 0 Å². The lowest BCUT2D eigenvalue weighted by Gasteiger charge is -2.23. The van der Waals surface area contributed by atoms with Gasteiger partial charge in [0.1, 0.15) is 5.82 Å². The molecule has 3 rings (SSSR count). The van der Waals surface area contributed by atoms with Gasteiger partial charge in [-0.3, -0.25) is 0 Å². The molecule has 17 heavy (non-hydrogen) atoms. The van der Waals surface area contributed by atoms with Gasteiger partial charge in [-0.05, 0) is 50.4 Å². The van der Waals surface area contributed by atoms with Gasteiger partial charge in [0.15, 0.2) is 0 Å². The van der Waals surface area contributed by atoms with Crippen molar-refractivity contribution in [1.29, 1.82) is 0 Å². The van der Waals surface area contributed by atoms with Crippen LogP contribution in [0.25, 0.3) is 0 Å². The molecule has 3 heteroatoms. The zero-order valence-corrected chi connectivity index (χ0v) is 10.8. The quantitative estimate of drug-likeness (QED) is 0.800.